The first-order valence-corrected chi connectivity index (χ1v) is 10.0. The van der Waals surface area contributed by atoms with Crippen LogP contribution >= 0.6 is 0 Å². The van der Waals surface area contributed by atoms with Gasteiger partial charge in [-0.2, -0.15) is 0 Å². The molecule has 1 amide bonds. The largest absolute Gasteiger partial charge is 0.452 e. The molecule has 1 saturated heterocycles. The zero-order chi connectivity index (χ0) is 20.6. The minimum absolute atomic E-state index is 0.314. The van der Waals surface area contributed by atoms with Gasteiger partial charge in [0.1, 0.15) is 0 Å². The van der Waals surface area contributed by atoms with Crippen LogP contribution in [-0.2, 0) is 27.2 Å². The molecule has 0 unspecified atom stereocenters. The van der Waals surface area contributed by atoms with Gasteiger partial charge in [-0.3, -0.25) is 9.69 Å². The second-order valence-corrected chi connectivity index (χ2v) is 7.17. The minimum atomic E-state index is -0.501. The number of aryl methyl sites for hydroxylation is 2. The summed E-state index contributed by atoms with van der Waals surface area (Å²) in [5, 5.41) is 2.86. The van der Waals surface area contributed by atoms with Crippen LogP contribution in [0.5, 0.6) is 0 Å². The van der Waals surface area contributed by atoms with Gasteiger partial charge in [0.25, 0.3) is 5.91 Å². The predicted molar refractivity (Wildman–Crippen MR) is 112 cm³/mol. The third-order valence-electron chi connectivity index (χ3n) is 5.04. The Balaban J connectivity index is 1.50. The number of carbonyl (C=O) groups excluding carboxylic acids is 2. The molecule has 0 atom stereocenters. The Labute approximate surface area is 171 Å². The first-order chi connectivity index (χ1) is 14.1. The Morgan fingerprint density at radius 3 is 2.52 bits per heavy atom. The molecule has 0 bridgehead atoms. The molecule has 2 aromatic rings. The maximum absolute atomic E-state index is 12.3. The van der Waals surface area contributed by atoms with Crippen LogP contribution in [0.1, 0.15) is 34.0 Å². The first kappa shape index (κ1) is 21.0. The van der Waals surface area contributed by atoms with Crippen LogP contribution in [0.2, 0.25) is 0 Å². The van der Waals surface area contributed by atoms with Crippen LogP contribution in [-0.4, -0.2) is 49.7 Å². The number of ether oxygens (including phenoxy) is 2. The molecule has 0 aliphatic carbocycles. The molecule has 3 rings (SSSR count). The van der Waals surface area contributed by atoms with Crippen LogP contribution in [0.15, 0.2) is 42.5 Å². The molecular weight excluding hydrogens is 368 g/mol. The summed E-state index contributed by atoms with van der Waals surface area (Å²) in [4.78, 5) is 26.8. The van der Waals surface area contributed by atoms with E-state index in [0.717, 1.165) is 61.6 Å². The third-order valence-corrected chi connectivity index (χ3v) is 5.04. The number of hydrogen-bond donors (Lipinski definition) is 1. The lowest BCUT2D eigenvalue weighted by Crippen LogP contribution is -2.35. The molecule has 0 saturated carbocycles. The van der Waals surface area contributed by atoms with E-state index < -0.39 is 5.97 Å². The van der Waals surface area contributed by atoms with E-state index in [1.165, 1.54) is 0 Å². The van der Waals surface area contributed by atoms with Crippen molar-refractivity contribution in [1.82, 2.24) is 4.90 Å². The molecule has 6 heteroatoms. The van der Waals surface area contributed by atoms with Crippen LogP contribution in [0.25, 0.3) is 0 Å². The highest BCUT2D eigenvalue weighted by Crippen LogP contribution is 2.21. The molecule has 1 fully saturated rings. The van der Waals surface area contributed by atoms with Crippen LogP contribution in [0.3, 0.4) is 0 Å². The lowest BCUT2D eigenvalue weighted by Gasteiger charge is -2.26. The molecule has 0 spiro atoms. The normalized spacial score (nSPS) is 14.4. The fourth-order valence-corrected chi connectivity index (χ4v) is 3.36. The number of esters is 1. The smallest absolute Gasteiger partial charge is 0.338 e. The van der Waals surface area contributed by atoms with Gasteiger partial charge >= 0.3 is 5.97 Å². The van der Waals surface area contributed by atoms with E-state index in [4.69, 9.17) is 9.47 Å². The highest BCUT2D eigenvalue weighted by molar-refractivity contribution is 5.96. The average Bonchev–Trinajstić information content (AvgIpc) is 2.74. The number of anilines is 1. The van der Waals surface area contributed by atoms with Gasteiger partial charge in [-0.05, 0) is 42.2 Å². The summed E-state index contributed by atoms with van der Waals surface area (Å²) >= 11 is 0. The molecule has 6 nitrogen and oxygen atoms in total. The molecular formula is C23H28N2O4. The zero-order valence-electron chi connectivity index (χ0n) is 17.1. The van der Waals surface area contributed by atoms with Crippen molar-refractivity contribution in [2.24, 2.45) is 0 Å². The summed E-state index contributed by atoms with van der Waals surface area (Å²) in [6.07, 6.45) is 0.813. The number of amides is 1. The molecule has 0 radical (unpaired) electrons. The lowest BCUT2D eigenvalue weighted by molar-refractivity contribution is -0.119. The van der Waals surface area contributed by atoms with Gasteiger partial charge in [0, 0.05) is 25.3 Å². The Hall–Kier alpha value is -2.70. The lowest BCUT2D eigenvalue weighted by atomic mass is 10.1. The van der Waals surface area contributed by atoms with Gasteiger partial charge < -0.3 is 14.8 Å². The fraction of sp³-hybridized carbons (Fsp3) is 0.391. The minimum Gasteiger partial charge on any atom is -0.452 e. The van der Waals surface area contributed by atoms with E-state index in [0.29, 0.717) is 5.56 Å². The number of para-hydroxylation sites is 1. The molecule has 1 N–H and O–H groups in total. The summed E-state index contributed by atoms with van der Waals surface area (Å²) in [5.74, 6) is -0.843. The maximum Gasteiger partial charge on any atom is 0.338 e. The maximum atomic E-state index is 12.3. The van der Waals surface area contributed by atoms with Crippen LogP contribution in [0, 0.1) is 6.92 Å². The van der Waals surface area contributed by atoms with Crippen molar-refractivity contribution in [2.75, 3.05) is 38.2 Å². The van der Waals surface area contributed by atoms with Crippen LogP contribution in [0.4, 0.5) is 5.69 Å². The summed E-state index contributed by atoms with van der Waals surface area (Å²) in [6.45, 7) is 7.85. The number of hydrogen-bond acceptors (Lipinski definition) is 5. The van der Waals surface area contributed by atoms with Gasteiger partial charge in [0.05, 0.1) is 18.8 Å². The predicted octanol–water partition coefficient (Wildman–Crippen LogP) is 3.19. The van der Waals surface area contributed by atoms with Crippen molar-refractivity contribution in [1.29, 1.82) is 0 Å². The SMILES string of the molecule is CCc1cccc(C)c1NC(=O)COC(=O)c1ccc(CN2CCOCC2)cc1. The Morgan fingerprint density at radius 1 is 1.10 bits per heavy atom. The Morgan fingerprint density at radius 2 is 1.83 bits per heavy atom. The molecule has 29 heavy (non-hydrogen) atoms. The number of nitrogens with zero attached hydrogens (tertiary/aromatic N) is 1. The summed E-state index contributed by atoms with van der Waals surface area (Å²) < 4.78 is 10.5. The summed E-state index contributed by atoms with van der Waals surface area (Å²) in [5.41, 5.74) is 4.41. The average molecular weight is 396 g/mol. The van der Waals surface area contributed by atoms with Gasteiger partial charge in [-0.25, -0.2) is 4.79 Å². The van der Waals surface area contributed by atoms with Crippen LogP contribution < -0.4 is 5.32 Å². The van der Waals surface area contributed by atoms with Crippen molar-refractivity contribution >= 4 is 17.6 Å². The van der Waals surface area contributed by atoms with Crippen molar-refractivity contribution in [3.8, 4) is 0 Å². The quantitative estimate of drug-likeness (QED) is 0.728. The zero-order valence-corrected chi connectivity index (χ0v) is 17.1. The monoisotopic (exact) mass is 396 g/mol. The van der Waals surface area contributed by atoms with E-state index in [-0.39, 0.29) is 12.5 Å². The first-order valence-electron chi connectivity index (χ1n) is 10.0. The second kappa shape index (κ2) is 10.2. The number of carbonyl (C=O) groups is 2. The molecule has 1 heterocycles. The van der Waals surface area contributed by atoms with E-state index in [1.807, 2.05) is 44.2 Å². The van der Waals surface area contributed by atoms with Crippen molar-refractivity contribution in [3.05, 3.63) is 64.7 Å². The number of benzene rings is 2. The number of rotatable bonds is 7. The molecule has 154 valence electrons. The summed E-state index contributed by atoms with van der Waals surface area (Å²) in [7, 11) is 0. The highest BCUT2D eigenvalue weighted by atomic mass is 16.5. The number of nitrogens with one attached hydrogen (secondary N) is 1. The van der Waals surface area contributed by atoms with Crippen molar-refractivity contribution in [3.63, 3.8) is 0 Å². The Kier molecular flexibility index (Phi) is 7.38. The van der Waals surface area contributed by atoms with Gasteiger partial charge in [0.2, 0.25) is 0 Å². The second-order valence-electron chi connectivity index (χ2n) is 7.17. The van der Waals surface area contributed by atoms with Crippen molar-refractivity contribution < 1.29 is 19.1 Å². The fourth-order valence-electron chi connectivity index (χ4n) is 3.36. The molecule has 2 aromatic carbocycles. The van der Waals surface area contributed by atoms with E-state index in [9.17, 15) is 9.59 Å². The third kappa shape index (κ3) is 5.89. The standard InChI is InChI=1S/C23H28N2O4/c1-3-19-6-4-5-17(2)22(19)24-21(26)16-29-23(27)20-9-7-18(8-10-20)15-25-11-13-28-14-12-25/h4-10H,3,11-16H2,1-2H3,(H,24,26). The Bertz CT molecular complexity index is 842. The number of morpholine rings is 1. The van der Waals surface area contributed by atoms with E-state index in [2.05, 4.69) is 10.2 Å². The van der Waals surface area contributed by atoms with E-state index >= 15 is 0 Å². The molecule has 0 aromatic heterocycles. The van der Waals surface area contributed by atoms with Gasteiger partial charge in [-0.1, -0.05) is 37.3 Å². The molecule has 1 aliphatic rings. The van der Waals surface area contributed by atoms with E-state index in [1.54, 1.807) is 12.1 Å². The van der Waals surface area contributed by atoms with Gasteiger partial charge in [-0.15, -0.1) is 0 Å². The van der Waals surface area contributed by atoms with Gasteiger partial charge in [0.15, 0.2) is 6.61 Å². The highest BCUT2D eigenvalue weighted by Gasteiger charge is 2.14. The van der Waals surface area contributed by atoms with Crippen molar-refractivity contribution in [2.45, 2.75) is 26.8 Å². The molecule has 1 aliphatic heterocycles. The summed E-state index contributed by atoms with van der Waals surface area (Å²) in [6, 6.07) is 13.2. The topological polar surface area (TPSA) is 67.9 Å².